The van der Waals surface area contributed by atoms with Crippen molar-refractivity contribution in [2.75, 3.05) is 5.75 Å². The van der Waals surface area contributed by atoms with Crippen molar-refractivity contribution in [3.05, 3.63) is 83.2 Å². The van der Waals surface area contributed by atoms with Crippen LogP contribution in [0.15, 0.2) is 65.7 Å². The number of hydrogen-bond acceptors (Lipinski definition) is 4. The molecule has 0 amide bonds. The normalized spacial score (nSPS) is 11.2. The van der Waals surface area contributed by atoms with Crippen molar-refractivity contribution in [1.29, 1.82) is 5.26 Å². The van der Waals surface area contributed by atoms with Crippen LogP contribution in [-0.2, 0) is 6.18 Å². The maximum absolute atomic E-state index is 13.6. The van der Waals surface area contributed by atoms with Gasteiger partial charge in [0.1, 0.15) is 16.9 Å². The number of nitrogens with zero attached hydrogens (tertiary/aromatic N) is 2. The Morgan fingerprint density at radius 1 is 1.06 bits per heavy atom. The van der Waals surface area contributed by atoms with Crippen LogP contribution in [0.25, 0.3) is 11.3 Å². The Morgan fingerprint density at radius 2 is 1.74 bits per heavy atom. The third kappa shape index (κ3) is 5.70. The third-order valence-electron chi connectivity index (χ3n) is 4.43. The van der Waals surface area contributed by atoms with Crippen LogP contribution < -0.4 is 0 Å². The predicted molar refractivity (Wildman–Crippen MR) is 110 cm³/mol. The lowest BCUT2D eigenvalue weighted by Gasteiger charge is -2.14. The number of carbonyl (C=O) groups excluding carboxylic acids is 1. The first kappa shape index (κ1) is 22.5. The molecule has 0 spiro atoms. The number of rotatable bonds is 7. The number of benzene rings is 2. The lowest BCUT2D eigenvalue weighted by atomic mass is 10.1. The fourth-order valence-corrected chi connectivity index (χ4v) is 3.84. The second kappa shape index (κ2) is 9.75. The summed E-state index contributed by atoms with van der Waals surface area (Å²) in [5.41, 5.74) is -0.564. The number of halogens is 4. The van der Waals surface area contributed by atoms with E-state index in [4.69, 9.17) is 0 Å². The van der Waals surface area contributed by atoms with Gasteiger partial charge in [0.05, 0.1) is 16.8 Å². The first-order valence-electron chi connectivity index (χ1n) is 9.29. The van der Waals surface area contributed by atoms with Crippen molar-refractivity contribution in [1.82, 2.24) is 4.98 Å². The maximum atomic E-state index is 13.6. The average Bonchev–Trinajstić information content (AvgIpc) is 2.76. The first-order chi connectivity index (χ1) is 14.8. The molecule has 3 rings (SSSR count). The van der Waals surface area contributed by atoms with E-state index < -0.39 is 23.1 Å². The molecule has 0 aliphatic carbocycles. The lowest BCUT2D eigenvalue weighted by molar-refractivity contribution is -0.138. The van der Waals surface area contributed by atoms with Crippen molar-refractivity contribution < 1.29 is 22.4 Å². The Labute approximate surface area is 180 Å². The SMILES string of the molecule is N#Cc1c(C(F)(F)F)cc(-c2ccccc2)nc1SCCCC(=O)c1ccc(F)cc1. The Hall–Kier alpha value is -3.18. The van der Waals surface area contributed by atoms with Crippen molar-refractivity contribution in [2.24, 2.45) is 0 Å². The molecule has 0 radical (unpaired) electrons. The smallest absolute Gasteiger partial charge is 0.294 e. The quantitative estimate of drug-likeness (QED) is 0.180. The molecule has 1 aromatic heterocycles. The lowest BCUT2D eigenvalue weighted by Crippen LogP contribution is -2.10. The molecular weight excluding hydrogens is 428 g/mol. The van der Waals surface area contributed by atoms with Gasteiger partial charge in [-0.25, -0.2) is 9.37 Å². The summed E-state index contributed by atoms with van der Waals surface area (Å²) >= 11 is 1.00. The molecule has 31 heavy (non-hydrogen) atoms. The van der Waals surface area contributed by atoms with Crippen LogP contribution in [0, 0.1) is 17.1 Å². The summed E-state index contributed by atoms with van der Waals surface area (Å²) in [6.07, 6.45) is -4.19. The van der Waals surface area contributed by atoms with E-state index in [2.05, 4.69) is 4.98 Å². The number of carbonyl (C=O) groups is 1. The summed E-state index contributed by atoms with van der Waals surface area (Å²) in [5.74, 6) is -0.339. The molecule has 0 fully saturated rings. The fraction of sp³-hybridized carbons (Fsp3) is 0.174. The van der Waals surface area contributed by atoms with Crippen LogP contribution in [0.2, 0.25) is 0 Å². The molecule has 0 atom stereocenters. The van der Waals surface area contributed by atoms with Gasteiger partial charge in [-0.05, 0) is 42.5 Å². The Bertz CT molecular complexity index is 1110. The second-order valence-corrected chi connectivity index (χ2v) is 7.68. The number of Topliss-reactive ketones (excluding diaryl/α,β-unsaturated/α-hetero) is 1. The van der Waals surface area contributed by atoms with Crippen molar-refractivity contribution >= 4 is 17.5 Å². The van der Waals surface area contributed by atoms with E-state index in [0.29, 0.717) is 23.3 Å². The highest BCUT2D eigenvalue weighted by Crippen LogP contribution is 2.38. The summed E-state index contributed by atoms with van der Waals surface area (Å²) in [6.45, 7) is 0. The molecule has 0 saturated carbocycles. The summed E-state index contributed by atoms with van der Waals surface area (Å²) < 4.78 is 53.6. The van der Waals surface area contributed by atoms with Crippen LogP contribution >= 0.6 is 11.8 Å². The highest BCUT2D eigenvalue weighted by Gasteiger charge is 2.36. The van der Waals surface area contributed by atoms with Gasteiger partial charge in [-0.1, -0.05) is 30.3 Å². The van der Waals surface area contributed by atoms with Gasteiger partial charge in [-0.2, -0.15) is 18.4 Å². The minimum Gasteiger partial charge on any atom is -0.294 e. The van der Waals surface area contributed by atoms with Gasteiger partial charge >= 0.3 is 6.18 Å². The second-order valence-electron chi connectivity index (χ2n) is 6.59. The van der Waals surface area contributed by atoms with E-state index in [1.807, 2.05) is 0 Å². The van der Waals surface area contributed by atoms with Crippen LogP contribution in [0.1, 0.15) is 34.3 Å². The van der Waals surface area contributed by atoms with Gasteiger partial charge in [0.2, 0.25) is 0 Å². The van der Waals surface area contributed by atoms with Crippen molar-refractivity contribution in [3.8, 4) is 17.3 Å². The molecule has 0 N–H and O–H groups in total. The van der Waals surface area contributed by atoms with Crippen LogP contribution in [0.5, 0.6) is 0 Å². The molecule has 0 saturated heterocycles. The molecular formula is C23H16F4N2OS. The van der Waals surface area contributed by atoms with E-state index in [-0.39, 0.29) is 22.9 Å². The zero-order valence-corrected chi connectivity index (χ0v) is 16.9. The minimum absolute atomic E-state index is 0.0228. The zero-order chi connectivity index (χ0) is 22.4. The molecule has 2 aromatic carbocycles. The molecule has 0 aliphatic heterocycles. The van der Waals surface area contributed by atoms with Gasteiger partial charge in [0.25, 0.3) is 0 Å². The molecule has 158 valence electrons. The van der Waals surface area contributed by atoms with E-state index in [1.54, 1.807) is 36.4 Å². The van der Waals surface area contributed by atoms with Crippen LogP contribution in [0.3, 0.4) is 0 Å². The molecule has 0 unspecified atom stereocenters. The number of thioether (sulfide) groups is 1. The number of pyridine rings is 1. The van der Waals surface area contributed by atoms with Crippen molar-refractivity contribution in [3.63, 3.8) is 0 Å². The molecule has 3 nitrogen and oxygen atoms in total. The van der Waals surface area contributed by atoms with E-state index >= 15 is 0 Å². The van der Waals surface area contributed by atoms with E-state index in [1.165, 1.54) is 24.3 Å². The van der Waals surface area contributed by atoms with E-state index in [9.17, 15) is 27.6 Å². The Kier molecular flexibility index (Phi) is 7.08. The molecule has 0 bridgehead atoms. The van der Waals surface area contributed by atoms with Crippen molar-refractivity contribution in [2.45, 2.75) is 24.0 Å². The number of hydrogen-bond donors (Lipinski definition) is 0. The highest BCUT2D eigenvalue weighted by molar-refractivity contribution is 7.99. The number of nitriles is 1. The van der Waals surface area contributed by atoms with Gasteiger partial charge in [-0.15, -0.1) is 11.8 Å². The highest BCUT2D eigenvalue weighted by atomic mass is 32.2. The maximum Gasteiger partial charge on any atom is 0.417 e. The molecule has 0 aliphatic rings. The predicted octanol–water partition coefficient (Wildman–Crippen LogP) is 6.53. The van der Waals surface area contributed by atoms with Gasteiger partial charge in [0, 0.05) is 17.5 Å². The Balaban J connectivity index is 1.78. The largest absolute Gasteiger partial charge is 0.417 e. The van der Waals surface area contributed by atoms with Gasteiger partial charge in [0.15, 0.2) is 5.78 Å². The Morgan fingerprint density at radius 3 is 2.35 bits per heavy atom. The van der Waals surface area contributed by atoms with Crippen LogP contribution in [-0.4, -0.2) is 16.5 Å². The zero-order valence-electron chi connectivity index (χ0n) is 16.1. The molecule has 8 heteroatoms. The fourth-order valence-electron chi connectivity index (χ4n) is 2.90. The summed E-state index contributed by atoms with van der Waals surface area (Å²) in [7, 11) is 0. The molecule has 3 aromatic rings. The van der Waals surface area contributed by atoms with Gasteiger partial charge in [-0.3, -0.25) is 4.79 Å². The number of aromatic nitrogens is 1. The summed E-state index contributed by atoms with van der Waals surface area (Å²) in [6, 6.07) is 16.1. The number of ketones is 1. The first-order valence-corrected chi connectivity index (χ1v) is 10.3. The third-order valence-corrected chi connectivity index (χ3v) is 5.49. The minimum atomic E-state index is -4.70. The monoisotopic (exact) mass is 444 g/mol. The number of alkyl halides is 3. The topological polar surface area (TPSA) is 53.8 Å². The average molecular weight is 444 g/mol. The summed E-state index contributed by atoms with van der Waals surface area (Å²) in [4.78, 5) is 16.5. The van der Waals surface area contributed by atoms with E-state index in [0.717, 1.165) is 17.8 Å². The van der Waals surface area contributed by atoms with Crippen LogP contribution in [0.4, 0.5) is 17.6 Å². The summed E-state index contributed by atoms with van der Waals surface area (Å²) in [5, 5.41) is 9.33. The molecule has 1 heterocycles. The van der Waals surface area contributed by atoms with Gasteiger partial charge < -0.3 is 0 Å². The standard InChI is InChI=1S/C23H16F4N2OS/c24-17-10-8-16(9-11-17)21(30)7-4-12-31-22-18(14-28)19(23(25,26)27)13-20(29-22)15-5-2-1-3-6-15/h1-3,5-6,8-11,13H,4,7,12H2.